The molecule has 0 radical (unpaired) electrons. The third kappa shape index (κ3) is 3.85. The van der Waals surface area contributed by atoms with Crippen molar-refractivity contribution >= 4 is 34.5 Å². The maximum Gasteiger partial charge on any atom is 0.253 e. The number of imidazole rings is 1. The fraction of sp³-hybridized carbons (Fsp3) is 0.348. The number of nitrogens with zero attached hydrogens (tertiary/aromatic N) is 4. The zero-order valence-corrected chi connectivity index (χ0v) is 17.5. The lowest BCUT2D eigenvalue weighted by Crippen LogP contribution is -2.42. The monoisotopic (exact) mass is 437 g/mol. The Kier molecular flexibility index (Phi) is 5.59. The molecule has 8 nitrogen and oxygen atoms in total. The molecule has 2 aliphatic rings. The minimum absolute atomic E-state index is 0.0998. The van der Waals surface area contributed by atoms with Gasteiger partial charge < -0.3 is 10.1 Å². The fourth-order valence-electron chi connectivity index (χ4n) is 4.31. The van der Waals surface area contributed by atoms with Crippen LogP contribution >= 0.6 is 0 Å². The molecule has 0 aliphatic carbocycles. The molecule has 1 aromatic heterocycles. The van der Waals surface area contributed by atoms with Crippen molar-refractivity contribution < 1.29 is 18.7 Å². The molecule has 2 aromatic carbocycles. The first kappa shape index (κ1) is 20.6. The van der Waals surface area contributed by atoms with Crippen LogP contribution < -0.4 is 10.2 Å². The Morgan fingerprint density at radius 1 is 1.09 bits per heavy atom. The van der Waals surface area contributed by atoms with E-state index in [4.69, 9.17) is 4.74 Å². The van der Waals surface area contributed by atoms with E-state index in [0.29, 0.717) is 32.3 Å². The second-order valence-corrected chi connectivity index (χ2v) is 7.96. The largest absolute Gasteiger partial charge is 0.379 e. The van der Waals surface area contributed by atoms with Crippen LogP contribution in [0.3, 0.4) is 0 Å². The van der Waals surface area contributed by atoms with Gasteiger partial charge in [-0.2, -0.15) is 0 Å². The van der Waals surface area contributed by atoms with Gasteiger partial charge in [0.15, 0.2) is 0 Å². The summed E-state index contributed by atoms with van der Waals surface area (Å²) in [6.45, 7) is 4.20. The van der Waals surface area contributed by atoms with Gasteiger partial charge in [-0.05, 0) is 24.3 Å². The van der Waals surface area contributed by atoms with E-state index in [1.807, 2.05) is 28.8 Å². The topological polar surface area (TPSA) is 79.7 Å². The minimum Gasteiger partial charge on any atom is -0.379 e. The summed E-state index contributed by atoms with van der Waals surface area (Å²) >= 11 is 0. The van der Waals surface area contributed by atoms with Gasteiger partial charge in [0.05, 0.1) is 36.4 Å². The molecule has 3 heterocycles. The zero-order valence-electron chi connectivity index (χ0n) is 17.5. The Balaban J connectivity index is 1.39. The first-order valence-electron chi connectivity index (χ1n) is 10.7. The second-order valence-electron chi connectivity index (χ2n) is 7.96. The number of rotatable bonds is 6. The van der Waals surface area contributed by atoms with Gasteiger partial charge in [0.2, 0.25) is 11.9 Å². The number of benzene rings is 2. The number of nitrogens with one attached hydrogen (secondary N) is 1. The number of fused-ring (bicyclic) bond motifs is 3. The molecular formula is C23H24FN5O3. The Hall–Kier alpha value is -3.30. The van der Waals surface area contributed by atoms with Gasteiger partial charge in [-0.15, -0.1) is 0 Å². The molecule has 32 heavy (non-hydrogen) atoms. The molecule has 1 fully saturated rings. The molecule has 2 aliphatic heterocycles. The van der Waals surface area contributed by atoms with Gasteiger partial charge in [-0.1, -0.05) is 24.3 Å². The van der Waals surface area contributed by atoms with Crippen LogP contribution in [0.1, 0.15) is 12.5 Å². The Morgan fingerprint density at radius 3 is 2.66 bits per heavy atom. The quantitative estimate of drug-likeness (QED) is 0.641. The summed E-state index contributed by atoms with van der Waals surface area (Å²) in [6.07, 6.45) is -0.103. The van der Waals surface area contributed by atoms with Gasteiger partial charge in [-0.25, -0.2) is 9.37 Å². The third-order valence-electron chi connectivity index (χ3n) is 5.95. The minimum atomic E-state index is -0.728. The molecule has 1 N–H and O–H groups in total. The molecule has 9 heteroatoms. The van der Waals surface area contributed by atoms with Crippen LogP contribution in [0.5, 0.6) is 0 Å². The van der Waals surface area contributed by atoms with Crippen LogP contribution in [0.15, 0.2) is 48.5 Å². The summed E-state index contributed by atoms with van der Waals surface area (Å²) in [6, 6.07) is 12.8. The summed E-state index contributed by atoms with van der Waals surface area (Å²) < 4.78 is 21.2. The highest BCUT2D eigenvalue weighted by molar-refractivity contribution is 6.05. The lowest BCUT2D eigenvalue weighted by atomic mass is 10.1. The third-order valence-corrected chi connectivity index (χ3v) is 5.95. The number of aromatic nitrogens is 2. The van der Waals surface area contributed by atoms with Crippen molar-refractivity contribution in [1.29, 1.82) is 0 Å². The Bertz CT molecular complexity index is 1160. The lowest BCUT2D eigenvalue weighted by Gasteiger charge is -2.28. The van der Waals surface area contributed by atoms with Gasteiger partial charge in [0.25, 0.3) is 5.91 Å². The van der Waals surface area contributed by atoms with Crippen LogP contribution in [-0.4, -0.2) is 65.7 Å². The average molecular weight is 437 g/mol. The van der Waals surface area contributed by atoms with E-state index in [0.717, 1.165) is 24.1 Å². The average Bonchev–Trinajstić information content (AvgIpc) is 3.29. The van der Waals surface area contributed by atoms with Crippen LogP contribution in [-0.2, 0) is 14.3 Å². The van der Waals surface area contributed by atoms with Crippen molar-refractivity contribution in [1.82, 2.24) is 14.5 Å². The molecule has 3 aromatic rings. The lowest BCUT2D eigenvalue weighted by molar-refractivity contribution is -0.124. The molecule has 0 unspecified atom stereocenters. The summed E-state index contributed by atoms with van der Waals surface area (Å²) in [5.41, 5.74) is 1.67. The predicted octanol–water partition coefficient (Wildman–Crippen LogP) is 2.42. The Labute approximate surface area is 184 Å². The molecule has 166 valence electrons. The van der Waals surface area contributed by atoms with Crippen LogP contribution in [0.4, 0.5) is 16.0 Å². The predicted molar refractivity (Wildman–Crippen MR) is 118 cm³/mol. The van der Waals surface area contributed by atoms with Crippen LogP contribution in [0, 0.1) is 5.82 Å². The number of ether oxygens (including phenoxy) is 1. The zero-order chi connectivity index (χ0) is 22.1. The summed E-state index contributed by atoms with van der Waals surface area (Å²) in [5.74, 6) is -0.560. The first-order valence-corrected chi connectivity index (χ1v) is 10.7. The van der Waals surface area contributed by atoms with Crippen LogP contribution in [0.2, 0.25) is 0 Å². The number of halogens is 1. The number of hydrogen-bond acceptors (Lipinski definition) is 5. The van der Waals surface area contributed by atoms with E-state index in [-0.39, 0.29) is 18.0 Å². The van der Waals surface area contributed by atoms with E-state index in [9.17, 15) is 14.0 Å². The number of anilines is 2. The standard InChI is InChI=1S/C23H24FN5O3/c24-16-5-1-2-6-17(16)25-21(30)15-20-22(31)28(10-9-27-11-13-32-14-12-27)23-26-18-7-3-4-8-19(18)29(20)23/h1-8,20H,9-15H2,(H,25,30)/t20-/m1/s1. The van der Waals surface area contributed by atoms with Crippen molar-refractivity contribution in [2.45, 2.75) is 12.5 Å². The second kappa shape index (κ2) is 8.68. The molecule has 1 saturated heterocycles. The molecular weight excluding hydrogens is 413 g/mol. The van der Waals surface area contributed by atoms with E-state index < -0.39 is 17.8 Å². The number of hydrogen-bond donors (Lipinski definition) is 1. The highest BCUT2D eigenvalue weighted by atomic mass is 19.1. The van der Waals surface area contributed by atoms with Crippen LogP contribution in [0.25, 0.3) is 11.0 Å². The molecule has 0 bridgehead atoms. The fourth-order valence-corrected chi connectivity index (χ4v) is 4.31. The summed E-state index contributed by atoms with van der Waals surface area (Å²) in [4.78, 5) is 34.7. The van der Waals surface area contributed by atoms with Crippen molar-refractivity contribution in [3.63, 3.8) is 0 Å². The number of carbonyl (C=O) groups excluding carboxylic acids is 2. The first-order chi connectivity index (χ1) is 15.6. The summed E-state index contributed by atoms with van der Waals surface area (Å²) in [7, 11) is 0. The van der Waals surface area contributed by atoms with Crippen molar-refractivity contribution in [2.75, 3.05) is 49.6 Å². The van der Waals surface area contributed by atoms with E-state index >= 15 is 0 Å². The maximum absolute atomic E-state index is 14.0. The molecule has 0 spiro atoms. The van der Waals surface area contributed by atoms with Crippen molar-refractivity contribution in [2.24, 2.45) is 0 Å². The Morgan fingerprint density at radius 2 is 1.84 bits per heavy atom. The number of carbonyl (C=O) groups is 2. The van der Waals surface area contributed by atoms with E-state index in [1.54, 1.807) is 17.0 Å². The highest BCUT2D eigenvalue weighted by Crippen LogP contribution is 2.36. The van der Waals surface area contributed by atoms with Gasteiger partial charge >= 0.3 is 0 Å². The molecule has 5 rings (SSSR count). The number of amides is 2. The van der Waals surface area contributed by atoms with Gasteiger partial charge in [-0.3, -0.25) is 24.0 Å². The SMILES string of the molecule is O=C(C[C@@H]1C(=O)N(CCN2CCOCC2)c2nc3ccccc3n21)Nc1ccccc1F. The molecule has 0 saturated carbocycles. The highest BCUT2D eigenvalue weighted by Gasteiger charge is 2.41. The van der Waals surface area contributed by atoms with Gasteiger partial charge in [0.1, 0.15) is 11.9 Å². The smallest absolute Gasteiger partial charge is 0.253 e. The summed E-state index contributed by atoms with van der Waals surface area (Å²) in [5, 5.41) is 2.59. The maximum atomic E-state index is 14.0. The number of morpholine rings is 1. The number of para-hydroxylation sites is 3. The molecule has 1 atom stereocenters. The van der Waals surface area contributed by atoms with E-state index in [1.165, 1.54) is 12.1 Å². The normalized spacial score (nSPS) is 18.8. The van der Waals surface area contributed by atoms with E-state index in [2.05, 4.69) is 15.2 Å². The van der Waals surface area contributed by atoms with Gasteiger partial charge in [0, 0.05) is 26.2 Å². The van der Waals surface area contributed by atoms with Crippen molar-refractivity contribution in [3.8, 4) is 0 Å². The molecule has 2 amide bonds. The van der Waals surface area contributed by atoms with Crippen molar-refractivity contribution in [3.05, 3.63) is 54.3 Å².